The molecular weight excluding hydrogens is 212 g/mol. The van der Waals surface area contributed by atoms with E-state index in [4.69, 9.17) is 9.47 Å². The van der Waals surface area contributed by atoms with E-state index in [0.717, 1.165) is 32.3 Å². The molecule has 1 aromatic carbocycles. The summed E-state index contributed by atoms with van der Waals surface area (Å²) in [5.74, 6) is 0.459. The minimum absolute atomic E-state index is 0.211. The third-order valence-electron chi connectivity index (χ3n) is 4.55. The van der Waals surface area contributed by atoms with Gasteiger partial charge in [-0.3, -0.25) is 0 Å². The first-order valence-corrected chi connectivity index (χ1v) is 6.73. The summed E-state index contributed by atoms with van der Waals surface area (Å²) in [7, 11) is 0. The molecule has 0 radical (unpaired) electrons. The Balaban J connectivity index is 1.62. The molecule has 0 bridgehead atoms. The Morgan fingerprint density at radius 3 is 2.71 bits per heavy atom. The van der Waals surface area contributed by atoms with Gasteiger partial charge in [0.05, 0.1) is 12.7 Å². The van der Waals surface area contributed by atoms with Crippen LogP contribution >= 0.6 is 0 Å². The van der Waals surface area contributed by atoms with E-state index in [1.165, 1.54) is 17.5 Å². The Morgan fingerprint density at radius 1 is 1.12 bits per heavy atom. The number of fused-ring (bicyclic) bond motifs is 2. The van der Waals surface area contributed by atoms with Crippen LogP contribution in [-0.4, -0.2) is 18.5 Å². The maximum absolute atomic E-state index is 6.25. The first kappa shape index (κ1) is 10.1. The van der Waals surface area contributed by atoms with E-state index in [2.05, 4.69) is 24.3 Å². The molecule has 2 heterocycles. The maximum Gasteiger partial charge on any atom is 0.169 e. The smallest absolute Gasteiger partial charge is 0.169 e. The van der Waals surface area contributed by atoms with Crippen LogP contribution in [0.1, 0.15) is 30.4 Å². The summed E-state index contributed by atoms with van der Waals surface area (Å²) in [5, 5.41) is 0. The van der Waals surface area contributed by atoms with Crippen molar-refractivity contribution in [3.8, 4) is 0 Å². The summed E-state index contributed by atoms with van der Waals surface area (Å²) < 4.78 is 12.1. The van der Waals surface area contributed by atoms with Crippen LogP contribution < -0.4 is 0 Å². The number of benzene rings is 1. The highest BCUT2D eigenvalue weighted by Gasteiger charge is 2.50. The molecule has 1 aliphatic carbocycles. The van der Waals surface area contributed by atoms with Crippen LogP contribution in [0.25, 0.3) is 0 Å². The third kappa shape index (κ3) is 1.54. The molecule has 17 heavy (non-hydrogen) atoms. The summed E-state index contributed by atoms with van der Waals surface area (Å²) in [6, 6.07) is 8.80. The van der Waals surface area contributed by atoms with E-state index in [-0.39, 0.29) is 5.79 Å². The SMILES string of the molecule is c1ccc2c(c1)C[C@@H]1C[C@]3(CCCO3)O[C@H]1C2. The van der Waals surface area contributed by atoms with Crippen LogP contribution in [0.3, 0.4) is 0 Å². The largest absolute Gasteiger partial charge is 0.350 e. The molecule has 2 nitrogen and oxygen atoms in total. The summed E-state index contributed by atoms with van der Waals surface area (Å²) >= 11 is 0. The highest BCUT2D eigenvalue weighted by Crippen LogP contribution is 2.46. The lowest BCUT2D eigenvalue weighted by molar-refractivity contribution is -0.198. The van der Waals surface area contributed by atoms with Crippen molar-refractivity contribution in [2.75, 3.05) is 6.61 Å². The quantitative estimate of drug-likeness (QED) is 0.682. The molecule has 3 atom stereocenters. The fourth-order valence-corrected chi connectivity index (χ4v) is 3.74. The van der Waals surface area contributed by atoms with Gasteiger partial charge in [0.15, 0.2) is 5.79 Å². The number of ether oxygens (including phenoxy) is 2. The Morgan fingerprint density at radius 2 is 1.94 bits per heavy atom. The average Bonchev–Trinajstić information content (AvgIpc) is 2.92. The second kappa shape index (κ2) is 3.56. The molecule has 1 aromatic rings. The van der Waals surface area contributed by atoms with Crippen molar-refractivity contribution >= 4 is 0 Å². The lowest BCUT2D eigenvalue weighted by atomic mass is 9.80. The molecule has 0 unspecified atom stereocenters. The molecule has 2 heteroatoms. The van der Waals surface area contributed by atoms with Gasteiger partial charge in [0, 0.05) is 12.8 Å². The Kier molecular flexibility index (Phi) is 2.12. The molecule has 0 amide bonds. The van der Waals surface area contributed by atoms with Crippen molar-refractivity contribution in [1.82, 2.24) is 0 Å². The van der Waals surface area contributed by atoms with E-state index in [9.17, 15) is 0 Å². The van der Waals surface area contributed by atoms with Crippen LogP contribution in [0.2, 0.25) is 0 Å². The molecule has 2 fully saturated rings. The van der Waals surface area contributed by atoms with Crippen molar-refractivity contribution in [2.45, 2.75) is 44.0 Å². The molecular formula is C15H18O2. The Bertz CT molecular complexity index is 399. The summed E-state index contributed by atoms with van der Waals surface area (Å²) in [6.45, 7) is 0.881. The number of rotatable bonds is 0. The van der Waals surface area contributed by atoms with Crippen molar-refractivity contribution in [3.05, 3.63) is 35.4 Å². The van der Waals surface area contributed by atoms with Crippen LogP contribution in [0.4, 0.5) is 0 Å². The van der Waals surface area contributed by atoms with Crippen molar-refractivity contribution in [3.63, 3.8) is 0 Å². The zero-order valence-corrected chi connectivity index (χ0v) is 10.0. The Hall–Kier alpha value is -0.860. The molecule has 2 saturated heterocycles. The van der Waals surface area contributed by atoms with E-state index in [1.54, 1.807) is 0 Å². The van der Waals surface area contributed by atoms with Gasteiger partial charge < -0.3 is 9.47 Å². The molecule has 0 saturated carbocycles. The van der Waals surface area contributed by atoms with Gasteiger partial charge in [-0.25, -0.2) is 0 Å². The van der Waals surface area contributed by atoms with Gasteiger partial charge in [-0.2, -0.15) is 0 Å². The lowest BCUT2D eigenvalue weighted by Gasteiger charge is -2.26. The molecule has 1 spiro atoms. The molecule has 4 rings (SSSR count). The average molecular weight is 230 g/mol. The fraction of sp³-hybridized carbons (Fsp3) is 0.600. The van der Waals surface area contributed by atoms with Gasteiger partial charge in [0.1, 0.15) is 0 Å². The van der Waals surface area contributed by atoms with Gasteiger partial charge in [-0.15, -0.1) is 0 Å². The zero-order chi connectivity index (χ0) is 11.3. The van der Waals surface area contributed by atoms with Crippen LogP contribution in [0, 0.1) is 5.92 Å². The summed E-state index contributed by atoms with van der Waals surface area (Å²) in [5.41, 5.74) is 3.00. The highest BCUT2D eigenvalue weighted by atomic mass is 16.7. The molecule has 3 aliphatic rings. The van der Waals surface area contributed by atoms with E-state index >= 15 is 0 Å². The van der Waals surface area contributed by atoms with Crippen LogP contribution in [-0.2, 0) is 22.3 Å². The van der Waals surface area contributed by atoms with E-state index < -0.39 is 0 Å². The molecule has 0 N–H and O–H groups in total. The monoisotopic (exact) mass is 230 g/mol. The van der Waals surface area contributed by atoms with Gasteiger partial charge in [0.2, 0.25) is 0 Å². The minimum atomic E-state index is -0.211. The normalized spacial score (nSPS) is 39.3. The van der Waals surface area contributed by atoms with Crippen molar-refractivity contribution < 1.29 is 9.47 Å². The van der Waals surface area contributed by atoms with Gasteiger partial charge in [0.25, 0.3) is 0 Å². The standard InChI is InChI=1S/C15H18O2/c1-2-5-12-9-14-13(8-11(12)4-1)10-15(17-14)6-3-7-16-15/h1-2,4-5,13-14H,3,6-10H2/t13-,14+,15+/m1/s1. The first-order valence-electron chi connectivity index (χ1n) is 6.73. The molecule has 90 valence electrons. The highest BCUT2D eigenvalue weighted by molar-refractivity contribution is 5.31. The fourth-order valence-electron chi connectivity index (χ4n) is 3.74. The van der Waals surface area contributed by atoms with E-state index in [1.807, 2.05) is 0 Å². The van der Waals surface area contributed by atoms with Crippen LogP contribution in [0.15, 0.2) is 24.3 Å². The van der Waals surface area contributed by atoms with Gasteiger partial charge >= 0.3 is 0 Å². The van der Waals surface area contributed by atoms with Crippen molar-refractivity contribution in [1.29, 1.82) is 0 Å². The predicted molar refractivity (Wildman–Crippen MR) is 64.7 cm³/mol. The molecule has 2 aliphatic heterocycles. The van der Waals surface area contributed by atoms with Crippen molar-refractivity contribution in [2.24, 2.45) is 5.92 Å². The summed E-state index contributed by atoms with van der Waals surface area (Å²) in [4.78, 5) is 0. The van der Waals surface area contributed by atoms with Gasteiger partial charge in [-0.05, 0) is 36.3 Å². The second-order valence-electron chi connectivity index (χ2n) is 5.66. The third-order valence-corrected chi connectivity index (χ3v) is 4.55. The number of hydrogen-bond acceptors (Lipinski definition) is 2. The van der Waals surface area contributed by atoms with E-state index in [0.29, 0.717) is 12.0 Å². The lowest BCUT2D eigenvalue weighted by Crippen LogP contribution is -2.29. The predicted octanol–water partition coefficient (Wildman–Crippen LogP) is 2.70. The second-order valence-corrected chi connectivity index (χ2v) is 5.66. The zero-order valence-electron chi connectivity index (χ0n) is 10.0. The summed E-state index contributed by atoms with van der Waals surface area (Å²) in [6.07, 6.45) is 6.00. The Labute approximate surface area is 102 Å². The molecule has 0 aromatic heterocycles. The number of hydrogen-bond donors (Lipinski definition) is 0. The minimum Gasteiger partial charge on any atom is -0.350 e. The van der Waals surface area contributed by atoms with Crippen LogP contribution in [0.5, 0.6) is 0 Å². The first-order chi connectivity index (χ1) is 8.35. The topological polar surface area (TPSA) is 18.5 Å². The van der Waals surface area contributed by atoms with Gasteiger partial charge in [-0.1, -0.05) is 24.3 Å². The maximum atomic E-state index is 6.25.